The maximum atomic E-state index is 13.4. The standard InChI is InChI=1S/C30H33F3N8O4S/c1-29(43,30(31,32)33)20-5-8-24(35-14-20)23-15-36-27(12-25(23)38-21-4-2-3-18(11-21)17-42)39-26-9-10-34-28(40-26)19-13-37-41(16-19)46(44,45)22-6-7-22/h5,8-10,12-16,18,21-22,42-43H,2-4,6-7,11,17H2,1H3,(H2,34,36,38,39,40)/t18-,21-,29?/m0/s1. The topological polar surface area (TPSA) is 168 Å². The van der Waals surface area contributed by atoms with Gasteiger partial charge in [0.15, 0.2) is 11.4 Å². The molecule has 0 radical (unpaired) electrons. The number of nitrogens with one attached hydrogen (secondary N) is 2. The van der Waals surface area contributed by atoms with Crippen molar-refractivity contribution in [1.29, 1.82) is 0 Å². The minimum Gasteiger partial charge on any atom is -0.396 e. The molecule has 4 aromatic heterocycles. The molecule has 6 rings (SSSR count). The van der Waals surface area contributed by atoms with E-state index >= 15 is 0 Å². The number of hydrogen-bond acceptors (Lipinski definition) is 11. The Morgan fingerprint density at radius 1 is 1.02 bits per heavy atom. The van der Waals surface area contributed by atoms with Gasteiger partial charge in [-0.3, -0.25) is 4.98 Å². The maximum absolute atomic E-state index is 13.4. The Kier molecular flexibility index (Phi) is 8.45. The molecule has 2 fully saturated rings. The first-order chi connectivity index (χ1) is 21.8. The van der Waals surface area contributed by atoms with E-state index in [1.54, 1.807) is 12.1 Å². The Morgan fingerprint density at radius 3 is 2.52 bits per heavy atom. The lowest BCUT2D eigenvalue weighted by Gasteiger charge is -2.30. The van der Waals surface area contributed by atoms with Crippen LogP contribution in [0.2, 0.25) is 0 Å². The number of aliphatic hydroxyl groups excluding tert-OH is 1. The van der Waals surface area contributed by atoms with Crippen molar-refractivity contribution >= 4 is 27.3 Å². The lowest BCUT2D eigenvalue weighted by molar-refractivity contribution is -0.259. The largest absolute Gasteiger partial charge is 0.421 e. The monoisotopic (exact) mass is 658 g/mol. The van der Waals surface area contributed by atoms with E-state index in [2.05, 4.69) is 35.7 Å². The van der Waals surface area contributed by atoms with Gasteiger partial charge in [0.05, 0.1) is 28.9 Å². The molecule has 2 saturated carbocycles. The molecule has 244 valence electrons. The van der Waals surface area contributed by atoms with E-state index in [1.165, 1.54) is 36.9 Å². The molecule has 2 aliphatic rings. The van der Waals surface area contributed by atoms with Crippen LogP contribution >= 0.6 is 0 Å². The van der Waals surface area contributed by atoms with Gasteiger partial charge in [-0.05, 0) is 57.1 Å². The molecule has 1 unspecified atom stereocenters. The van der Waals surface area contributed by atoms with Gasteiger partial charge in [-0.15, -0.1) is 0 Å². The van der Waals surface area contributed by atoms with E-state index in [9.17, 15) is 31.8 Å². The van der Waals surface area contributed by atoms with E-state index in [1.807, 2.05) is 0 Å². The summed E-state index contributed by atoms with van der Waals surface area (Å²) in [7, 11) is -3.54. The summed E-state index contributed by atoms with van der Waals surface area (Å²) in [5.41, 5.74) is -1.54. The Labute approximate surface area is 263 Å². The summed E-state index contributed by atoms with van der Waals surface area (Å²) >= 11 is 0. The third-order valence-corrected chi connectivity index (χ3v) is 10.4. The van der Waals surface area contributed by atoms with Gasteiger partial charge in [-0.25, -0.2) is 23.4 Å². The van der Waals surface area contributed by atoms with Crippen LogP contribution in [0.4, 0.5) is 30.5 Å². The molecule has 4 aromatic rings. The van der Waals surface area contributed by atoms with Gasteiger partial charge in [-0.1, -0.05) is 12.5 Å². The molecule has 4 N–H and O–H groups in total. The van der Waals surface area contributed by atoms with Crippen molar-refractivity contribution in [2.24, 2.45) is 5.92 Å². The first kappa shape index (κ1) is 31.8. The quantitative estimate of drug-likeness (QED) is 0.188. The number of hydrogen-bond donors (Lipinski definition) is 4. The van der Waals surface area contributed by atoms with Crippen molar-refractivity contribution in [3.63, 3.8) is 0 Å². The second kappa shape index (κ2) is 12.2. The zero-order valence-corrected chi connectivity index (χ0v) is 25.6. The highest BCUT2D eigenvalue weighted by molar-refractivity contribution is 7.90. The third-order valence-electron chi connectivity index (χ3n) is 8.39. The second-order valence-corrected chi connectivity index (χ2v) is 14.0. The van der Waals surface area contributed by atoms with Crippen LogP contribution in [-0.2, 0) is 15.6 Å². The van der Waals surface area contributed by atoms with Crippen LogP contribution < -0.4 is 10.6 Å². The van der Waals surface area contributed by atoms with E-state index in [0.717, 1.165) is 36.0 Å². The molecule has 12 nitrogen and oxygen atoms in total. The molecular formula is C30H33F3N8O4S. The zero-order chi connectivity index (χ0) is 32.7. The second-order valence-electron chi connectivity index (χ2n) is 11.9. The minimum atomic E-state index is -4.88. The van der Waals surface area contributed by atoms with Crippen LogP contribution in [0.3, 0.4) is 0 Å². The Balaban J connectivity index is 1.28. The normalized spacial score (nSPS) is 20.2. The lowest BCUT2D eigenvalue weighted by Crippen LogP contribution is -2.39. The number of nitrogens with zero attached hydrogens (tertiary/aromatic N) is 6. The smallest absolute Gasteiger partial charge is 0.396 e. The highest BCUT2D eigenvalue weighted by atomic mass is 32.2. The van der Waals surface area contributed by atoms with Crippen molar-refractivity contribution in [3.05, 3.63) is 60.8 Å². The molecule has 0 saturated heterocycles. The number of anilines is 3. The van der Waals surface area contributed by atoms with Crippen LogP contribution in [0.5, 0.6) is 0 Å². The molecular weight excluding hydrogens is 625 g/mol. The summed E-state index contributed by atoms with van der Waals surface area (Å²) in [5, 5.41) is 30.0. The molecule has 2 aliphatic carbocycles. The summed E-state index contributed by atoms with van der Waals surface area (Å²) in [6.45, 7) is 0.762. The summed E-state index contributed by atoms with van der Waals surface area (Å²) in [6.07, 6.45) is 6.63. The molecule has 46 heavy (non-hydrogen) atoms. The first-order valence-corrected chi connectivity index (χ1v) is 16.4. The van der Waals surface area contributed by atoms with Crippen molar-refractivity contribution < 1.29 is 31.8 Å². The van der Waals surface area contributed by atoms with Crippen molar-refractivity contribution in [3.8, 4) is 22.6 Å². The average Bonchev–Trinajstić information content (AvgIpc) is 3.78. The fourth-order valence-electron chi connectivity index (χ4n) is 5.44. The lowest BCUT2D eigenvalue weighted by atomic mass is 9.86. The van der Waals surface area contributed by atoms with Crippen LogP contribution in [0.15, 0.2) is 55.2 Å². The van der Waals surface area contributed by atoms with E-state index in [-0.39, 0.29) is 24.4 Å². The van der Waals surface area contributed by atoms with Crippen LogP contribution in [0.25, 0.3) is 22.6 Å². The predicted molar refractivity (Wildman–Crippen MR) is 163 cm³/mol. The molecule has 16 heteroatoms. The highest BCUT2D eigenvalue weighted by Gasteiger charge is 2.51. The first-order valence-electron chi connectivity index (χ1n) is 14.9. The predicted octanol–water partition coefficient (Wildman–Crippen LogP) is 4.61. The van der Waals surface area contributed by atoms with E-state index in [0.29, 0.717) is 53.9 Å². The molecule has 4 heterocycles. The average molecular weight is 659 g/mol. The number of aromatic nitrogens is 6. The number of aliphatic hydroxyl groups is 2. The van der Waals surface area contributed by atoms with Crippen LogP contribution in [0.1, 0.15) is 51.0 Å². The SMILES string of the molecule is CC(O)(c1ccc(-c2cnc(Nc3ccnc(-c4cnn(S(=O)(=O)C5CC5)c4)n3)cc2N[C@H]2CCC[C@H](CO)C2)nc1)C(F)(F)F. The summed E-state index contributed by atoms with van der Waals surface area (Å²) in [5.74, 6) is 1.19. The Hall–Kier alpha value is -4.15. The fourth-order valence-corrected chi connectivity index (χ4v) is 6.91. The molecule has 0 aliphatic heterocycles. The zero-order valence-electron chi connectivity index (χ0n) is 24.8. The number of pyridine rings is 2. The van der Waals surface area contributed by atoms with Gasteiger partial charge in [0.1, 0.15) is 11.6 Å². The van der Waals surface area contributed by atoms with Gasteiger partial charge in [0.2, 0.25) is 0 Å². The van der Waals surface area contributed by atoms with Crippen LogP contribution in [0, 0.1) is 5.92 Å². The van der Waals surface area contributed by atoms with Crippen molar-refractivity contribution in [2.75, 3.05) is 17.2 Å². The number of alkyl halides is 3. The van der Waals surface area contributed by atoms with Crippen molar-refractivity contribution in [1.82, 2.24) is 29.1 Å². The Bertz CT molecular complexity index is 1810. The van der Waals surface area contributed by atoms with Gasteiger partial charge in [0, 0.05) is 54.1 Å². The highest BCUT2D eigenvalue weighted by Crippen LogP contribution is 2.39. The number of halogens is 3. The molecule has 0 bridgehead atoms. The Morgan fingerprint density at radius 2 is 1.83 bits per heavy atom. The molecule has 0 amide bonds. The molecule has 3 atom stereocenters. The summed E-state index contributed by atoms with van der Waals surface area (Å²) < 4.78 is 66.2. The summed E-state index contributed by atoms with van der Waals surface area (Å²) in [6, 6.07) is 5.98. The third kappa shape index (κ3) is 6.55. The molecule has 0 spiro atoms. The van der Waals surface area contributed by atoms with Gasteiger partial charge >= 0.3 is 6.18 Å². The van der Waals surface area contributed by atoms with Gasteiger partial charge in [-0.2, -0.15) is 22.4 Å². The fraction of sp³-hybridized carbons (Fsp3) is 0.433. The van der Waals surface area contributed by atoms with Crippen molar-refractivity contribution in [2.45, 2.75) is 68.5 Å². The van der Waals surface area contributed by atoms with E-state index in [4.69, 9.17) is 0 Å². The number of rotatable bonds is 10. The minimum absolute atomic E-state index is 0.0271. The summed E-state index contributed by atoms with van der Waals surface area (Å²) in [4.78, 5) is 17.5. The van der Waals surface area contributed by atoms with Crippen LogP contribution in [-0.4, -0.2) is 71.8 Å². The molecule has 0 aromatic carbocycles. The van der Waals surface area contributed by atoms with E-state index < -0.39 is 32.6 Å². The van der Waals surface area contributed by atoms with Gasteiger partial charge < -0.3 is 20.8 Å². The maximum Gasteiger partial charge on any atom is 0.421 e. The van der Waals surface area contributed by atoms with Gasteiger partial charge in [0.25, 0.3) is 10.0 Å².